The van der Waals surface area contributed by atoms with E-state index < -0.39 is 30.5 Å². The Balaban J connectivity index is 1.59. The Labute approximate surface area is 193 Å². The molecular weight excluding hydrogens is 452 g/mol. The van der Waals surface area contributed by atoms with Crippen LogP contribution < -0.4 is 10.6 Å². The van der Waals surface area contributed by atoms with Gasteiger partial charge in [-0.25, -0.2) is 0 Å². The normalized spacial score (nSPS) is 18.2. The molecule has 3 amide bonds. The van der Waals surface area contributed by atoms with Gasteiger partial charge in [-0.15, -0.1) is 11.3 Å². The summed E-state index contributed by atoms with van der Waals surface area (Å²) in [5.41, 5.74) is 2.37. The topological polar surface area (TPSA) is 115 Å². The monoisotopic (exact) mass is 474 g/mol. The van der Waals surface area contributed by atoms with E-state index in [4.69, 9.17) is 11.6 Å². The minimum atomic E-state index is -1.05. The first-order chi connectivity index (χ1) is 15.3. The van der Waals surface area contributed by atoms with Crippen molar-refractivity contribution in [2.45, 2.75) is 31.5 Å². The van der Waals surface area contributed by atoms with Crippen LogP contribution in [0.4, 0.5) is 0 Å². The number of aliphatic hydroxyl groups excluding tert-OH is 1. The highest BCUT2D eigenvalue weighted by atomic mass is 35.5. The molecule has 1 aromatic carbocycles. The van der Waals surface area contributed by atoms with Crippen LogP contribution in [0.25, 0.3) is 10.2 Å². The van der Waals surface area contributed by atoms with E-state index in [1.807, 2.05) is 24.3 Å². The number of rotatable bonds is 6. The van der Waals surface area contributed by atoms with Gasteiger partial charge in [-0.05, 0) is 29.7 Å². The zero-order chi connectivity index (χ0) is 23.0. The van der Waals surface area contributed by atoms with E-state index in [9.17, 15) is 19.5 Å². The van der Waals surface area contributed by atoms with E-state index in [0.717, 1.165) is 21.3 Å². The number of H-pyrrole nitrogens is 1. The lowest BCUT2D eigenvalue weighted by Gasteiger charge is -2.33. The van der Waals surface area contributed by atoms with Gasteiger partial charge in [0.25, 0.3) is 5.91 Å². The van der Waals surface area contributed by atoms with Gasteiger partial charge in [0.1, 0.15) is 16.6 Å². The van der Waals surface area contributed by atoms with E-state index in [2.05, 4.69) is 15.6 Å². The van der Waals surface area contributed by atoms with Crippen LogP contribution >= 0.6 is 22.9 Å². The van der Waals surface area contributed by atoms with Crippen LogP contribution in [0.5, 0.6) is 0 Å². The van der Waals surface area contributed by atoms with Crippen LogP contribution in [0.1, 0.15) is 34.6 Å². The molecule has 0 bridgehead atoms. The van der Waals surface area contributed by atoms with Crippen molar-refractivity contribution in [3.8, 4) is 0 Å². The average Bonchev–Trinajstić information content (AvgIpc) is 3.41. The Morgan fingerprint density at radius 2 is 2.06 bits per heavy atom. The highest BCUT2D eigenvalue weighted by molar-refractivity contribution is 7.22. The summed E-state index contributed by atoms with van der Waals surface area (Å²) in [6.45, 7) is 0.772. The molecule has 4 rings (SSSR count). The molecule has 32 heavy (non-hydrogen) atoms. The molecule has 2 aromatic heterocycles. The number of benzene rings is 1. The maximum absolute atomic E-state index is 13.0. The number of nitrogens with one attached hydrogen (secondary N) is 3. The van der Waals surface area contributed by atoms with Crippen molar-refractivity contribution in [1.29, 1.82) is 0 Å². The lowest BCUT2D eigenvalue weighted by molar-refractivity contribution is -0.138. The molecule has 3 atom stereocenters. The van der Waals surface area contributed by atoms with Crippen LogP contribution in [0.15, 0.2) is 36.4 Å². The quantitative estimate of drug-likeness (QED) is 0.438. The first-order valence-corrected chi connectivity index (χ1v) is 11.3. The number of amides is 3. The molecule has 0 aliphatic heterocycles. The van der Waals surface area contributed by atoms with E-state index in [1.165, 1.54) is 23.2 Å². The molecule has 4 N–H and O–H groups in total. The molecule has 10 heteroatoms. The highest BCUT2D eigenvalue weighted by Gasteiger charge is 2.39. The fourth-order valence-electron chi connectivity index (χ4n) is 4.26. The average molecular weight is 475 g/mol. The lowest BCUT2D eigenvalue weighted by atomic mass is 10.0. The second kappa shape index (κ2) is 8.93. The molecule has 1 aliphatic rings. The highest BCUT2D eigenvalue weighted by Crippen LogP contribution is 2.36. The number of nitrogens with zero attached hydrogens (tertiary/aromatic N) is 1. The second-order valence-corrected chi connectivity index (χ2v) is 9.51. The zero-order valence-electron chi connectivity index (χ0n) is 17.5. The van der Waals surface area contributed by atoms with Gasteiger partial charge in [0.05, 0.1) is 23.0 Å². The molecule has 8 nitrogen and oxygen atoms in total. The molecule has 0 saturated carbocycles. The number of halogens is 1. The third-order valence-electron chi connectivity index (χ3n) is 5.66. The fraction of sp³-hybridized carbons (Fsp3) is 0.318. The number of carbonyl (C=O) groups excluding carboxylic acids is 3. The maximum Gasteiger partial charge on any atom is 0.268 e. The second-order valence-electron chi connectivity index (χ2n) is 7.83. The third kappa shape index (κ3) is 4.23. The van der Waals surface area contributed by atoms with Gasteiger partial charge in [-0.1, -0.05) is 35.9 Å². The number of aromatic amines is 1. The summed E-state index contributed by atoms with van der Waals surface area (Å²) in [6, 6.07) is 9.36. The van der Waals surface area contributed by atoms with E-state index >= 15 is 0 Å². The minimum Gasteiger partial charge on any atom is -0.394 e. The third-order valence-corrected chi connectivity index (χ3v) is 6.85. The minimum absolute atomic E-state index is 0.284. The van der Waals surface area contributed by atoms with Crippen LogP contribution in [0.3, 0.4) is 0 Å². The lowest BCUT2D eigenvalue weighted by Crippen LogP contribution is -2.52. The number of fused-ring (bicyclic) bond motifs is 2. The molecule has 0 spiro atoms. The molecule has 0 fully saturated rings. The van der Waals surface area contributed by atoms with Gasteiger partial charge in [0.2, 0.25) is 11.8 Å². The van der Waals surface area contributed by atoms with Gasteiger partial charge in [0, 0.05) is 19.4 Å². The van der Waals surface area contributed by atoms with E-state index in [1.54, 1.807) is 19.2 Å². The number of hydrogen-bond donors (Lipinski definition) is 4. The van der Waals surface area contributed by atoms with Crippen LogP contribution in [-0.4, -0.2) is 58.5 Å². The standard InChI is InChI=1S/C22H23ClN4O4S/c1-11(29)24-17(10-28)22(31)27(2)19-14-6-4-3-5-12(14)7-15(19)25-20(30)16-8-13-9-18(23)32-21(13)26-16/h3-6,8-9,15,17,19,26,28H,7,10H2,1-2H3,(H,24,29)(H,25,30)/t15-,17+,19+/m1/s1. The SMILES string of the molecule is CC(=O)N[C@@H](CO)C(=O)N(C)[C@H]1c2ccccc2C[C@H]1NC(=O)c1cc2cc(Cl)sc2[nH]1. The van der Waals surface area contributed by atoms with Gasteiger partial charge in [-0.3, -0.25) is 14.4 Å². The Hall–Kier alpha value is -2.88. The van der Waals surface area contributed by atoms with E-state index in [-0.39, 0.29) is 11.9 Å². The summed E-state index contributed by atoms with van der Waals surface area (Å²) >= 11 is 7.38. The largest absolute Gasteiger partial charge is 0.394 e. The molecule has 0 unspecified atom stereocenters. The summed E-state index contributed by atoms with van der Waals surface area (Å²) in [5.74, 6) is -1.12. The molecule has 0 saturated heterocycles. The Kier molecular flexibility index (Phi) is 6.23. The molecule has 1 aliphatic carbocycles. The van der Waals surface area contributed by atoms with Crippen molar-refractivity contribution in [2.75, 3.05) is 13.7 Å². The first kappa shape index (κ1) is 22.3. The van der Waals surface area contributed by atoms with Crippen LogP contribution in [0.2, 0.25) is 4.34 Å². The summed E-state index contributed by atoms with van der Waals surface area (Å²) in [7, 11) is 1.62. The smallest absolute Gasteiger partial charge is 0.268 e. The number of hydrogen-bond acceptors (Lipinski definition) is 5. The van der Waals surface area contributed by atoms with Crippen LogP contribution in [0, 0.1) is 0 Å². The number of aromatic nitrogens is 1. The molecule has 0 radical (unpaired) electrons. The van der Waals surface area contributed by atoms with Crippen molar-refractivity contribution in [2.24, 2.45) is 0 Å². The molecule has 3 aromatic rings. The Bertz CT molecular complexity index is 1160. The van der Waals surface area contributed by atoms with Crippen LogP contribution in [-0.2, 0) is 16.0 Å². The molecule has 2 heterocycles. The zero-order valence-corrected chi connectivity index (χ0v) is 19.1. The summed E-state index contributed by atoms with van der Waals surface area (Å²) in [4.78, 5) is 42.9. The summed E-state index contributed by atoms with van der Waals surface area (Å²) in [5, 5.41) is 16.0. The van der Waals surface area contributed by atoms with Gasteiger partial charge < -0.3 is 25.6 Å². The van der Waals surface area contributed by atoms with Gasteiger partial charge >= 0.3 is 0 Å². The molecular formula is C22H23ClN4O4S. The molecule has 168 valence electrons. The van der Waals surface area contributed by atoms with Crippen molar-refractivity contribution < 1.29 is 19.5 Å². The summed E-state index contributed by atoms with van der Waals surface area (Å²) < 4.78 is 0.641. The maximum atomic E-state index is 13.0. The van der Waals surface area contributed by atoms with Crippen molar-refractivity contribution in [1.82, 2.24) is 20.5 Å². The number of aliphatic hydroxyl groups is 1. The van der Waals surface area contributed by atoms with Gasteiger partial charge in [-0.2, -0.15) is 0 Å². The number of thiophene rings is 1. The Morgan fingerprint density at radius 3 is 2.75 bits per heavy atom. The van der Waals surface area contributed by atoms with Crippen molar-refractivity contribution in [3.05, 3.63) is 57.6 Å². The summed E-state index contributed by atoms with van der Waals surface area (Å²) in [6.07, 6.45) is 0.551. The first-order valence-electron chi connectivity index (χ1n) is 10.1. The van der Waals surface area contributed by atoms with Crippen molar-refractivity contribution >= 4 is 50.9 Å². The van der Waals surface area contributed by atoms with Gasteiger partial charge in [0.15, 0.2) is 0 Å². The number of likely N-dealkylation sites (N-methyl/N-ethyl adjacent to an activating group) is 1. The predicted molar refractivity (Wildman–Crippen MR) is 123 cm³/mol. The predicted octanol–water partition coefficient (Wildman–Crippen LogP) is 2.23. The Morgan fingerprint density at radius 1 is 1.31 bits per heavy atom. The fourth-order valence-corrected chi connectivity index (χ4v) is 5.38. The number of carbonyl (C=O) groups is 3. The van der Waals surface area contributed by atoms with E-state index in [0.29, 0.717) is 16.5 Å². The van der Waals surface area contributed by atoms with Crippen molar-refractivity contribution in [3.63, 3.8) is 0 Å².